The molecule has 0 spiro atoms. The standard InChI is InChI=1S/C21H22N4O2S/c1-2-25-11-9-18-19(13-25)28-21(23-18)24-20(26)16-5-7-17(8-6-16)27-14-15-4-3-10-22-12-15/h3-8,10,12H,2,9,11,13-14H2,1H3,(H,23,24,26). The highest BCUT2D eigenvalue weighted by molar-refractivity contribution is 7.15. The highest BCUT2D eigenvalue weighted by Crippen LogP contribution is 2.28. The molecule has 3 aromatic rings. The van der Waals surface area contributed by atoms with Crippen molar-refractivity contribution < 1.29 is 9.53 Å². The van der Waals surface area contributed by atoms with Gasteiger partial charge in [-0.25, -0.2) is 4.98 Å². The van der Waals surface area contributed by atoms with E-state index >= 15 is 0 Å². The number of fused-ring (bicyclic) bond motifs is 1. The molecule has 6 nitrogen and oxygen atoms in total. The highest BCUT2D eigenvalue weighted by atomic mass is 32.1. The predicted octanol–water partition coefficient (Wildman–Crippen LogP) is 3.75. The normalized spacial score (nSPS) is 13.8. The number of aromatic nitrogens is 2. The Morgan fingerprint density at radius 3 is 2.89 bits per heavy atom. The lowest BCUT2D eigenvalue weighted by Gasteiger charge is -2.23. The molecule has 28 heavy (non-hydrogen) atoms. The number of pyridine rings is 1. The fraction of sp³-hybridized carbons (Fsp3) is 0.286. The van der Waals surface area contributed by atoms with Crippen LogP contribution < -0.4 is 10.1 Å². The van der Waals surface area contributed by atoms with Crippen LogP contribution in [0.4, 0.5) is 5.13 Å². The van der Waals surface area contributed by atoms with Crippen molar-refractivity contribution in [3.05, 3.63) is 70.5 Å². The first-order valence-electron chi connectivity index (χ1n) is 9.35. The quantitative estimate of drug-likeness (QED) is 0.690. The Morgan fingerprint density at radius 2 is 2.14 bits per heavy atom. The van der Waals surface area contributed by atoms with Crippen LogP contribution in [0, 0.1) is 0 Å². The summed E-state index contributed by atoms with van der Waals surface area (Å²) in [4.78, 5) is 24.8. The number of thiazole rings is 1. The lowest BCUT2D eigenvalue weighted by Crippen LogP contribution is -2.29. The number of nitrogens with one attached hydrogen (secondary N) is 1. The molecular weight excluding hydrogens is 372 g/mol. The van der Waals surface area contributed by atoms with Gasteiger partial charge in [-0.3, -0.25) is 20.0 Å². The summed E-state index contributed by atoms with van der Waals surface area (Å²) in [6, 6.07) is 11.0. The molecule has 1 aliphatic rings. The lowest BCUT2D eigenvalue weighted by molar-refractivity contribution is 0.102. The minimum atomic E-state index is -0.155. The third kappa shape index (κ3) is 4.37. The Bertz CT molecular complexity index is 941. The summed E-state index contributed by atoms with van der Waals surface area (Å²) in [5, 5.41) is 3.60. The molecule has 0 radical (unpaired) electrons. The maximum absolute atomic E-state index is 12.5. The van der Waals surface area contributed by atoms with Crippen molar-refractivity contribution in [2.24, 2.45) is 0 Å². The van der Waals surface area contributed by atoms with Crippen LogP contribution in [0.5, 0.6) is 5.75 Å². The molecule has 0 unspecified atom stereocenters. The zero-order valence-corrected chi connectivity index (χ0v) is 16.5. The van der Waals surface area contributed by atoms with Gasteiger partial charge in [-0.2, -0.15) is 0 Å². The number of carbonyl (C=O) groups is 1. The Hall–Kier alpha value is -2.77. The molecule has 0 bridgehead atoms. The fourth-order valence-corrected chi connectivity index (χ4v) is 4.14. The Morgan fingerprint density at radius 1 is 1.29 bits per heavy atom. The Kier molecular flexibility index (Phi) is 5.64. The van der Waals surface area contributed by atoms with E-state index in [0.717, 1.165) is 37.3 Å². The Balaban J connectivity index is 1.36. The zero-order chi connectivity index (χ0) is 19.3. The number of hydrogen-bond donors (Lipinski definition) is 1. The van der Waals surface area contributed by atoms with Gasteiger partial charge in [0.25, 0.3) is 5.91 Å². The molecule has 1 amide bonds. The van der Waals surface area contributed by atoms with E-state index < -0.39 is 0 Å². The number of hydrogen-bond acceptors (Lipinski definition) is 6. The van der Waals surface area contributed by atoms with Gasteiger partial charge in [0.1, 0.15) is 12.4 Å². The molecule has 2 aromatic heterocycles. The number of rotatable bonds is 6. The summed E-state index contributed by atoms with van der Waals surface area (Å²) in [6.45, 7) is 5.59. The number of carbonyl (C=O) groups excluding carboxylic acids is 1. The predicted molar refractivity (Wildman–Crippen MR) is 110 cm³/mol. The van der Waals surface area contributed by atoms with Crippen LogP contribution in [-0.4, -0.2) is 33.9 Å². The molecule has 0 fully saturated rings. The van der Waals surface area contributed by atoms with Crippen LogP contribution in [-0.2, 0) is 19.6 Å². The second-order valence-corrected chi connectivity index (χ2v) is 7.72. The molecule has 0 aliphatic carbocycles. The fourth-order valence-electron chi connectivity index (χ4n) is 3.09. The number of nitrogens with zero attached hydrogens (tertiary/aromatic N) is 3. The van der Waals surface area contributed by atoms with Gasteiger partial charge in [0.2, 0.25) is 0 Å². The third-order valence-electron chi connectivity index (χ3n) is 4.72. The summed E-state index contributed by atoms with van der Waals surface area (Å²) in [5.41, 5.74) is 2.69. The van der Waals surface area contributed by atoms with E-state index in [1.165, 1.54) is 4.88 Å². The van der Waals surface area contributed by atoms with E-state index in [9.17, 15) is 4.79 Å². The van der Waals surface area contributed by atoms with E-state index in [2.05, 4.69) is 27.1 Å². The lowest BCUT2D eigenvalue weighted by atomic mass is 10.2. The number of likely N-dealkylation sites (N-methyl/N-ethyl adjacent to an activating group) is 1. The molecule has 3 heterocycles. The number of anilines is 1. The van der Waals surface area contributed by atoms with E-state index in [1.54, 1.807) is 48.0 Å². The number of amides is 1. The van der Waals surface area contributed by atoms with Crippen molar-refractivity contribution in [1.82, 2.24) is 14.9 Å². The van der Waals surface area contributed by atoms with Gasteiger partial charge < -0.3 is 4.74 Å². The van der Waals surface area contributed by atoms with Crippen molar-refractivity contribution in [2.75, 3.05) is 18.4 Å². The first-order valence-corrected chi connectivity index (χ1v) is 10.2. The van der Waals surface area contributed by atoms with E-state index in [-0.39, 0.29) is 5.91 Å². The maximum atomic E-state index is 12.5. The molecule has 0 atom stereocenters. The average molecular weight is 395 g/mol. The smallest absolute Gasteiger partial charge is 0.257 e. The minimum Gasteiger partial charge on any atom is -0.489 e. The Labute approximate surface area is 168 Å². The molecular formula is C21H22N4O2S. The molecule has 1 aliphatic heterocycles. The van der Waals surface area contributed by atoms with Gasteiger partial charge in [0, 0.05) is 47.9 Å². The summed E-state index contributed by atoms with van der Waals surface area (Å²) in [5.74, 6) is 0.557. The van der Waals surface area contributed by atoms with Gasteiger partial charge in [-0.15, -0.1) is 11.3 Å². The van der Waals surface area contributed by atoms with E-state index in [1.807, 2.05) is 12.1 Å². The summed E-state index contributed by atoms with van der Waals surface area (Å²) < 4.78 is 5.73. The summed E-state index contributed by atoms with van der Waals surface area (Å²) >= 11 is 1.57. The van der Waals surface area contributed by atoms with Crippen LogP contribution >= 0.6 is 11.3 Å². The van der Waals surface area contributed by atoms with Crippen LogP contribution in [0.2, 0.25) is 0 Å². The summed E-state index contributed by atoms with van der Waals surface area (Å²) in [6.07, 6.45) is 4.45. The van der Waals surface area contributed by atoms with E-state index in [4.69, 9.17) is 4.74 Å². The minimum absolute atomic E-state index is 0.155. The monoisotopic (exact) mass is 394 g/mol. The van der Waals surface area contributed by atoms with Crippen molar-refractivity contribution in [3.63, 3.8) is 0 Å². The summed E-state index contributed by atoms with van der Waals surface area (Å²) in [7, 11) is 0. The third-order valence-corrected chi connectivity index (χ3v) is 5.72. The first-order chi connectivity index (χ1) is 13.7. The molecule has 7 heteroatoms. The molecule has 0 saturated heterocycles. The molecule has 4 rings (SSSR count). The van der Waals surface area contributed by atoms with Crippen LogP contribution in [0.3, 0.4) is 0 Å². The van der Waals surface area contributed by atoms with Crippen molar-refractivity contribution in [1.29, 1.82) is 0 Å². The van der Waals surface area contributed by atoms with Crippen molar-refractivity contribution in [3.8, 4) is 5.75 Å². The highest BCUT2D eigenvalue weighted by Gasteiger charge is 2.20. The van der Waals surface area contributed by atoms with Crippen LogP contribution in [0.1, 0.15) is 33.4 Å². The SMILES string of the molecule is CCN1CCc2nc(NC(=O)c3ccc(OCc4cccnc4)cc3)sc2C1. The molecule has 144 valence electrons. The van der Waals surface area contributed by atoms with Crippen molar-refractivity contribution >= 4 is 22.4 Å². The number of ether oxygens (including phenoxy) is 1. The van der Waals surface area contributed by atoms with Crippen LogP contribution in [0.15, 0.2) is 48.8 Å². The number of benzene rings is 1. The topological polar surface area (TPSA) is 67.4 Å². The van der Waals surface area contributed by atoms with Gasteiger partial charge in [0.05, 0.1) is 5.69 Å². The first kappa shape index (κ1) is 18.6. The molecule has 1 aromatic carbocycles. The van der Waals surface area contributed by atoms with Gasteiger partial charge in [-0.1, -0.05) is 13.0 Å². The second kappa shape index (κ2) is 8.50. The van der Waals surface area contributed by atoms with Gasteiger partial charge in [-0.05, 0) is 36.9 Å². The van der Waals surface area contributed by atoms with Gasteiger partial charge >= 0.3 is 0 Å². The van der Waals surface area contributed by atoms with Crippen LogP contribution in [0.25, 0.3) is 0 Å². The second-order valence-electron chi connectivity index (χ2n) is 6.64. The molecule has 1 N–H and O–H groups in total. The average Bonchev–Trinajstić information content (AvgIpc) is 3.14. The van der Waals surface area contributed by atoms with Crippen molar-refractivity contribution in [2.45, 2.75) is 26.5 Å². The largest absolute Gasteiger partial charge is 0.489 e. The van der Waals surface area contributed by atoms with Gasteiger partial charge in [0.15, 0.2) is 5.13 Å². The molecule has 0 saturated carbocycles. The van der Waals surface area contributed by atoms with E-state index in [0.29, 0.717) is 23.1 Å². The zero-order valence-electron chi connectivity index (χ0n) is 15.7. The maximum Gasteiger partial charge on any atom is 0.257 e.